The van der Waals surface area contributed by atoms with Crippen molar-refractivity contribution in [2.24, 2.45) is 10.8 Å². The average molecular weight is 832 g/mol. The summed E-state index contributed by atoms with van der Waals surface area (Å²) in [5.41, 5.74) is 2.77. The van der Waals surface area contributed by atoms with Gasteiger partial charge in [0.05, 0.1) is 30.1 Å². The first-order valence-electron chi connectivity index (χ1n) is 20.3. The summed E-state index contributed by atoms with van der Waals surface area (Å²) in [5, 5.41) is 39.1. The zero-order valence-corrected chi connectivity index (χ0v) is 35.9. The van der Waals surface area contributed by atoms with Gasteiger partial charge in [-0.05, 0) is 66.5 Å². The summed E-state index contributed by atoms with van der Waals surface area (Å²) in [6.07, 6.45) is -2.43. The van der Waals surface area contributed by atoms with Gasteiger partial charge in [-0.15, -0.1) is 0 Å². The summed E-state index contributed by atoms with van der Waals surface area (Å²) in [7, 11) is 0. The summed E-state index contributed by atoms with van der Waals surface area (Å²) in [4.78, 5) is 62.0. The highest BCUT2D eigenvalue weighted by Gasteiger charge is 2.44. The molecule has 0 saturated carbocycles. The van der Waals surface area contributed by atoms with E-state index in [0.717, 1.165) is 5.56 Å². The van der Waals surface area contributed by atoms with Crippen LogP contribution in [0.1, 0.15) is 77.9 Å². The van der Waals surface area contributed by atoms with Gasteiger partial charge in [0, 0.05) is 26.2 Å². The lowest BCUT2D eigenvalue weighted by molar-refractivity contribution is -0.133. The number of urea groups is 1. The van der Waals surface area contributed by atoms with E-state index in [1.807, 2.05) is 57.2 Å². The number of carbonyl (C=O) groups is 4. The minimum absolute atomic E-state index is 0.0751. The predicted molar refractivity (Wildman–Crippen MR) is 224 cm³/mol. The normalized spacial score (nSPS) is 16.6. The molecule has 2 aliphatic rings. The van der Waals surface area contributed by atoms with E-state index in [-0.39, 0.29) is 38.6 Å². The van der Waals surface area contributed by atoms with Crippen molar-refractivity contribution < 1.29 is 44.0 Å². The second-order valence-electron chi connectivity index (χ2n) is 18.2. The lowest BCUT2D eigenvalue weighted by Gasteiger charge is -2.38. The van der Waals surface area contributed by atoms with Crippen molar-refractivity contribution in [1.29, 1.82) is 0 Å². The Bertz CT molecular complexity index is 1980. The second kappa shape index (κ2) is 18.9. The molecule has 2 aliphatic heterocycles. The number of nitrogens with one attached hydrogen (secondary N) is 3. The first-order chi connectivity index (χ1) is 28.1. The maximum absolute atomic E-state index is 14.6. The maximum Gasteiger partial charge on any atom is 0.405 e. The van der Waals surface area contributed by atoms with Gasteiger partial charge in [0.1, 0.15) is 30.9 Å². The van der Waals surface area contributed by atoms with Crippen LogP contribution in [0.2, 0.25) is 0 Å². The number of pyridine rings is 1. The number of aliphatic hydroxyl groups excluding tert-OH is 1. The second-order valence-corrected chi connectivity index (χ2v) is 18.2. The Kier molecular flexibility index (Phi) is 14.3. The minimum atomic E-state index is -1.36. The molecule has 3 heterocycles. The van der Waals surface area contributed by atoms with Gasteiger partial charge in [0.25, 0.3) is 5.91 Å². The Morgan fingerprint density at radius 1 is 0.833 bits per heavy atom. The summed E-state index contributed by atoms with van der Waals surface area (Å²) in [5.74, 6) is 0.0160. The number of nitrogens with zero attached hydrogens (tertiary/aromatic N) is 4. The Labute approximate surface area is 352 Å². The molecule has 1 aromatic heterocycles. The van der Waals surface area contributed by atoms with Gasteiger partial charge >= 0.3 is 12.1 Å². The van der Waals surface area contributed by atoms with E-state index in [1.165, 1.54) is 5.01 Å². The molecule has 0 bridgehead atoms. The van der Waals surface area contributed by atoms with E-state index >= 15 is 0 Å². The van der Waals surface area contributed by atoms with Crippen LogP contribution in [0, 0.1) is 10.8 Å². The Balaban J connectivity index is 1.41. The summed E-state index contributed by atoms with van der Waals surface area (Å²) < 4.78 is 11.5. The monoisotopic (exact) mass is 831 g/mol. The number of carbonyl (C=O) groups excluding carboxylic acids is 3. The number of hydrazine groups is 1. The van der Waals surface area contributed by atoms with E-state index in [9.17, 15) is 34.5 Å². The quantitative estimate of drug-likeness (QED) is 0.114. The van der Waals surface area contributed by atoms with Crippen LogP contribution in [0.15, 0.2) is 66.7 Å². The molecule has 6 N–H and O–H groups in total. The molecular weight excluding hydrogens is 771 g/mol. The van der Waals surface area contributed by atoms with Crippen molar-refractivity contribution in [3.8, 4) is 11.5 Å². The van der Waals surface area contributed by atoms with Gasteiger partial charge in [-0.2, -0.15) is 0 Å². The fourth-order valence-corrected chi connectivity index (χ4v) is 7.44. The van der Waals surface area contributed by atoms with Crippen LogP contribution in [0.25, 0.3) is 0 Å². The van der Waals surface area contributed by atoms with Crippen LogP contribution in [-0.4, -0.2) is 116 Å². The minimum Gasteiger partial charge on any atom is -0.486 e. The summed E-state index contributed by atoms with van der Waals surface area (Å²) in [6, 6.07) is 16.7. The lowest BCUT2D eigenvalue weighted by atomic mass is 9.84. The number of rotatable bonds is 16. The van der Waals surface area contributed by atoms with Crippen LogP contribution in [-0.2, 0) is 34.7 Å². The Morgan fingerprint density at radius 2 is 1.52 bits per heavy atom. The van der Waals surface area contributed by atoms with Crippen molar-refractivity contribution in [3.05, 3.63) is 89.2 Å². The molecule has 16 heteroatoms. The first kappa shape index (κ1) is 45.6. The van der Waals surface area contributed by atoms with E-state index in [4.69, 9.17) is 9.47 Å². The zero-order valence-electron chi connectivity index (χ0n) is 35.9. The first-order valence-corrected chi connectivity index (χ1v) is 20.3. The SMILES string of the molecule is CC(C)(O)c1cccc(CN2CCN([C@H](C(=O)N[C@@H](Cc3ccccc3)[C@@H](O)CN(Cc3ccc4c(c3)OCCO4)NC(=O)[C@@H](NC(=O)O)C(C)(C)C)C(C)(C)C)C2=O)n1. The molecule has 4 atom stereocenters. The topological polar surface area (TPSA) is 206 Å². The molecule has 60 heavy (non-hydrogen) atoms. The number of fused-ring (bicyclic) bond motifs is 1. The average Bonchev–Trinajstić information content (AvgIpc) is 3.50. The molecular formula is C44H61N7O9. The van der Waals surface area contributed by atoms with Crippen LogP contribution in [0.4, 0.5) is 9.59 Å². The third kappa shape index (κ3) is 12.1. The van der Waals surface area contributed by atoms with E-state index in [2.05, 4.69) is 21.0 Å². The number of hydrogen-bond acceptors (Lipinski definition) is 10. The van der Waals surface area contributed by atoms with Crippen LogP contribution in [0.3, 0.4) is 0 Å². The van der Waals surface area contributed by atoms with Gasteiger partial charge in [0.2, 0.25) is 5.91 Å². The van der Waals surface area contributed by atoms with Gasteiger partial charge < -0.3 is 45.2 Å². The highest BCUT2D eigenvalue weighted by molar-refractivity contribution is 5.89. The molecule has 5 amide bonds. The number of aliphatic hydroxyl groups is 2. The molecule has 0 unspecified atom stereocenters. The number of carboxylic acid groups (broad SMARTS) is 1. The van der Waals surface area contributed by atoms with Crippen LogP contribution < -0.4 is 25.5 Å². The van der Waals surface area contributed by atoms with Crippen LogP contribution in [0.5, 0.6) is 11.5 Å². The molecule has 0 aliphatic carbocycles. The molecule has 326 valence electrons. The highest BCUT2D eigenvalue weighted by atomic mass is 16.6. The molecule has 3 aromatic rings. The Morgan fingerprint density at radius 3 is 2.15 bits per heavy atom. The van der Waals surface area contributed by atoms with E-state index < -0.39 is 58.6 Å². The smallest absolute Gasteiger partial charge is 0.405 e. The predicted octanol–water partition coefficient (Wildman–Crippen LogP) is 4.04. The lowest BCUT2D eigenvalue weighted by Crippen LogP contribution is -2.61. The fraction of sp³-hybridized carbons (Fsp3) is 0.523. The van der Waals surface area contributed by atoms with Crippen molar-refractivity contribution in [2.75, 3.05) is 32.8 Å². The van der Waals surface area contributed by atoms with Crippen LogP contribution >= 0.6 is 0 Å². The van der Waals surface area contributed by atoms with Gasteiger partial charge in [-0.1, -0.05) is 84.0 Å². The van der Waals surface area contributed by atoms with E-state index in [1.54, 1.807) is 74.8 Å². The summed E-state index contributed by atoms with van der Waals surface area (Å²) >= 11 is 0. The standard InChI is InChI=1S/C44H61N7O9/c1-42(2,3)36(47-40(55)56)38(53)48-50(25-29-17-18-33-34(24-29)60-22-21-59-33)27-32(52)31(23-28-13-10-9-11-14-28)46-39(54)37(43(4,5)6)51-20-19-49(41(51)57)26-30-15-12-16-35(45-30)44(7,8)58/h9-18,24,31-32,36-37,47,52,58H,19-23,25-27H2,1-8H3,(H,46,54)(H,48,53)(H,55,56)/t31-,32-,36+,37+/m0/s1. The van der Waals surface area contributed by atoms with Crippen molar-refractivity contribution in [1.82, 2.24) is 35.9 Å². The largest absolute Gasteiger partial charge is 0.486 e. The number of aromatic nitrogens is 1. The third-order valence-electron chi connectivity index (χ3n) is 10.4. The molecule has 5 rings (SSSR count). The fourth-order valence-electron chi connectivity index (χ4n) is 7.44. The van der Waals surface area contributed by atoms with Gasteiger partial charge in [-0.3, -0.25) is 20.0 Å². The Hall–Kier alpha value is -5.45. The van der Waals surface area contributed by atoms with Gasteiger partial charge in [0.15, 0.2) is 11.5 Å². The molecule has 2 aromatic carbocycles. The van der Waals surface area contributed by atoms with Crippen molar-refractivity contribution in [2.45, 2.75) is 105 Å². The number of benzene rings is 2. The summed E-state index contributed by atoms with van der Waals surface area (Å²) in [6.45, 7) is 15.6. The highest BCUT2D eigenvalue weighted by Crippen LogP contribution is 2.32. The maximum atomic E-state index is 14.6. The van der Waals surface area contributed by atoms with Crippen molar-refractivity contribution >= 4 is 23.9 Å². The molecule has 0 radical (unpaired) electrons. The van der Waals surface area contributed by atoms with E-state index in [0.29, 0.717) is 48.2 Å². The number of hydrogen-bond donors (Lipinski definition) is 6. The number of amides is 5. The number of ether oxygens (including phenoxy) is 2. The molecule has 16 nitrogen and oxygen atoms in total. The van der Waals surface area contributed by atoms with Crippen molar-refractivity contribution in [3.63, 3.8) is 0 Å². The molecule has 0 spiro atoms. The zero-order chi connectivity index (χ0) is 44.0. The molecule has 1 fully saturated rings. The third-order valence-corrected chi connectivity index (χ3v) is 10.4. The molecule has 1 saturated heterocycles. The van der Waals surface area contributed by atoms with Gasteiger partial charge in [-0.25, -0.2) is 14.6 Å².